The van der Waals surface area contributed by atoms with Crippen LogP contribution in [0, 0.1) is 5.82 Å². The van der Waals surface area contributed by atoms with Crippen LogP contribution in [-0.4, -0.2) is 83.0 Å². The van der Waals surface area contributed by atoms with Crippen LogP contribution in [0.3, 0.4) is 0 Å². The van der Waals surface area contributed by atoms with Crippen LogP contribution in [0.15, 0.2) is 12.1 Å². The number of piperidine rings is 1. The van der Waals surface area contributed by atoms with Gasteiger partial charge < -0.3 is 10.6 Å². The number of hydrogen-bond donors (Lipinski definition) is 2. The van der Waals surface area contributed by atoms with E-state index >= 15 is 0 Å². The number of carbonyl (C=O) groups is 3. The van der Waals surface area contributed by atoms with Crippen molar-refractivity contribution < 1.29 is 18.8 Å². The largest absolute Gasteiger partial charge is 0.398 e. The Balaban J connectivity index is 2.30. The second-order valence-electron chi connectivity index (χ2n) is 9.22. The summed E-state index contributed by atoms with van der Waals surface area (Å²) in [6.07, 6.45) is 0. The predicted molar refractivity (Wildman–Crippen MR) is 120 cm³/mol. The van der Waals surface area contributed by atoms with E-state index in [1.54, 1.807) is 54.9 Å². The number of fused-ring (bicyclic) bond motifs is 1. The molecular formula is C13H19B7FN3O3. The summed E-state index contributed by atoms with van der Waals surface area (Å²) in [5.41, 5.74) is 5.49. The van der Waals surface area contributed by atoms with E-state index in [1.807, 2.05) is 0 Å². The van der Waals surface area contributed by atoms with Gasteiger partial charge in [0.05, 0.1) is 5.44 Å². The molecule has 2 aliphatic rings. The molecule has 1 aromatic carbocycles. The fraction of sp³-hybridized carbons (Fsp3) is 0.308. The van der Waals surface area contributed by atoms with Gasteiger partial charge in [0, 0.05) is 16.6 Å². The Labute approximate surface area is 163 Å². The van der Waals surface area contributed by atoms with Crippen molar-refractivity contribution in [3.8, 4) is 0 Å². The third-order valence-corrected chi connectivity index (χ3v) is 7.20. The van der Waals surface area contributed by atoms with Crippen LogP contribution in [-0.2, 0) is 14.9 Å². The minimum Gasteiger partial charge on any atom is -0.398 e. The topological polar surface area (TPSA) is 92.5 Å². The quantitative estimate of drug-likeness (QED) is 0.296. The fourth-order valence-corrected chi connectivity index (χ4v) is 4.67. The second-order valence-corrected chi connectivity index (χ2v) is 9.22. The van der Waals surface area contributed by atoms with Gasteiger partial charge in [-0.3, -0.25) is 19.7 Å². The standard InChI is InChI=1S/C13H19B7FN3O3/c14-10(15)8(26)23-9(27)11(16,13(10,19)20)24-7(25)4-1-3(21)2-5(22)6(4)12(24,17)18/h1-2H,14-20,22H2,(H,23,26,27)/t11-/m1/s1. The zero-order valence-electron chi connectivity index (χ0n) is 16.8. The molecule has 27 heavy (non-hydrogen) atoms. The number of rotatable bonds is 1. The summed E-state index contributed by atoms with van der Waals surface area (Å²) >= 11 is 0. The van der Waals surface area contributed by atoms with Crippen molar-refractivity contribution in [2.24, 2.45) is 0 Å². The maximum atomic E-state index is 13.9. The van der Waals surface area contributed by atoms with E-state index in [-0.39, 0.29) is 17.2 Å². The number of carbonyl (C=O) groups excluding carboxylic acids is 3. The molecule has 2 aliphatic heterocycles. The number of halogens is 1. The van der Waals surface area contributed by atoms with E-state index in [0.29, 0.717) is 5.56 Å². The number of nitrogens with two attached hydrogens (primary N) is 1. The number of nitrogens with one attached hydrogen (secondary N) is 1. The molecule has 0 radical (unpaired) electrons. The van der Waals surface area contributed by atoms with Crippen LogP contribution in [0.25, 0.3) is 0 Å². The number of hydrogen-bond acceptors (Lipinski definition) is 4. The number of imide groups is 1. The van der Waals surface area contributed by atoms with Crippen molar-refractivity contribution in [1.82, 2.24) is 10.2 Å². The first kappa shape index (κ1) is 19.8. The van der Waals surface area contributed by atoms with Gasteiger partial charge in [0.2, 0.25) is 11.8 Å². The Morgan fingerprint density at radius 2 is 1.52 bits per heavy atom. The van der Waals surface area contributed by atoms with Crippen LogP contribution in [0.1, 0.15) is 15.9 Å². The molecular weight excluding hydrogens is 341 g/mol. The zero-order valence-corrected chi connectivity index (χ0v) is 16.8. The van der Waals surface area contributed by atoms with Gasteiger partial charge in [-0.05, 0) is 22.9 Å². The molecule has 0 aromatic heterocycles. The van der Waals surface area contributed by atoms with E-state index in [9.17, 15) is 18.8 Å². The van der Waals surface area contributed by atoms with Crippen molar-refractivity contribution in [3.63, 3.8) is 0 Å². The lowest BCUT2D eigenvalue weighted by Crippen LogP contribution is -2.78. The molecule has 1 saturated heterocycles. The molecule has 132 valence electrons. The van der Waals surface area contributed by atoms with E-state index in [2.05, 4.69) is 5.32 Å². The Morgan fingerprint density at radius 1 is 0.963 bits per heavy atom. The van der Waals surface area contributed by atoms with Crippen LogP contribution < -0.4 is 11.1 Å². The highest BCUT2D eigenvalue weighted by Gasteiger charge is 2.67. The summed E-state index contributed by atoms with van der Waals surface area (Å²) in [7, 11) is 12.3. The summed E-state index contributed by atoms with van der Waals surface area (Å²) in [5.74, 6) is -2.02. The Kier molecular flexibility index (Phi) is 3.88. The molecule has 3 rings (SSSR count). The molecule has 0 unspecified atom stereocenters. The highest BCUT2D eigenvalue weighted by atomic mass is 19.1. The monoisotopic (exact) mass is 361 g/mol. The Hall–Kier alpha value is -1.99. The Morgan fingerprint density at radius 3 is 2.07 bits per heavy atom. The van der Waals surface area contributed by atoms with Crippen molar-refractivity contribution >= 4 is 78.3 Å². The van der Waals surface area contributed by atoms with Gasteiger partial charge in [-0.15, -0.1) is 0 Å². The lowest BCUT2D eigenvalue weighted by atomic mass is 9.21. The summed E-state index contributed by atoms with van der Waals surface area (Å²) < 4.78 is 13.9. The molecule has 1 aromatic rings. The van der Waals surface area contributed by atoms with Crippen molar-refractivity contribution in [3.05, 3.63) is 29.1 Å². The van der Waals surface area contributed by atoms with Gasteiger partial charge in [-0.1, -0.05) is 5.21 Å². The van der Waals surface area contributed by atoms with Gasteiger partial charge >= 0.3 is 0 Å². The smallest absolute Gasteiger partial charge is 0.254 e. The first-order valence-corrected chi connectivity index (χ1v) is 8.92. The Bertz CT molecular complexity index is 923. The summed E-state index contributed by atoms with van der Waals surface area (Å²) in [6.45, 7) is 0. The predicted octanol–water partition coefficient (Wildman–Crippen LogP) is -7.01. The van der Waals surface area contributed by atoms with Crippen LogP contribution in [0.5, 0.6) is 0 Å². The third-order valence-electron chi connectivity index (χ3n) is 7.20. The number of nitrogen functional groups attached to an aromatic ring is 1. The minimum absolute atomic E-state index is 0.150. The van der Waals surface area contributed by atoms with Gasteiger partial charge in [-0.25, -0.2) is 4.39 Å². The molecule has 0 bridgehead atoms. The molecule has 14 heteroatoms. The number of amides is 3. The number of benzene rings is 1. The van der Waals surface area contributed by atoms with Crippen molar-refractivity contribution in [2.45, 2.75) is 21.2 Å². The first-order chi connectivity index (χ1) is 12.1. The number of anilines is 1. The molecule has 3 amide bonds. The molecule has 0 spiro atoms. The average molecular weight is 360 g/mol. The van der Waals surface area contributed by atoms with Gasteiger partial charge in [0.25, 0.3) is 5.91 Å². The molecule has 1 atom stereocenters. The minimum atomic E-state index is -1.37. The average Bonchev–Trinajstić information content (AvgIpc) is 2.71. The molecule has 0 saturated carbocycles. The van der Waals surface area contributed by atoms with Crippen molar-refractivity contribution in [1.29, 1.82) is 0 Å². The molecule has 6 nitrogen and oxygen atoms in total. The zero-order chi connectivity index (χ0) is 20.7. The van der Waals surface area contributed by atoms with E-state index in [1.165, 1.54) is 11.0 Å². The fourth-order valence-electron chi connectivity index (χ4n) is 4.67. The first-order valence-electron chi connectivity index (χ1n) is 8.92. The van der Waals surface area contributed by atoms with Gasteiger partial charge in [0.1, 0.15) is 60.7 Å². The van der Waals surface area contributed by atoms with Crippen LogP contribution >= 0.6 is 0 Å². The number of nitrogens with zero attached hydrogens (tertiary/aromatic N) is 1. The highest BCUT2D eigenvalue weighted by molar-refractivity contribution is 6.67. The molecule has 0 aliphatic carbocycles. The third kappa shape index (κ3) is 2.12. The lowest BCUT2D eigenvalue weighted by Gasteiger charge is -2.62. The summed E-state index contributed by atoms with van der Waals surface area (Å²) in [4.78, 5) is 40.5. The molecule has 3 N–H and O–H groups in total. The summed E-state index contributed by atoms with van der Waals surface area (Å²) in [5, 5.41) is -0.389. The van der Waals surface area contributed by atoms with Gasteiger partial charge in [0.15, 0.2) is 0 Å². The van der Waals surface area contributed by atoms with E-state index < -0.39 is 38.8 Å². The highest BCUT2D eigenvalue weighted by Crippen LogP contribution is 2.57. The van der Waals surface area contributed by atoms with E-state index in [0.717, 1.165) is 6.07 Å². The van der Waals surface area contributed by atoms with Crippen LogP contribution in [0.4, 0.5) is 10.1 Å². The lowest BCUT2D eigenvalue weighted by molar-refractivity contribution is -0.141. The van der Waals surface area contributed by atoms with E-state index in [4.69, 9.17) is 5.73 Å². The van der Waals surface area contributed by atoms with Crippen molar-refractivity contribution in [2.75, 3.05) is 5.73 Å². The normalized spacial score (nSPS) is 27.9. The summed E-state index contributed by atoms with van der Waals surface area (Å²) in [6, 6.07) is 2.34. The van der Waals surface area contributed by atoms with Gasteiger partial charge in [-0.2, -0.15) is 0 Å². The van der Waals surface area contributed by atoms with Crippen LogP contribution in [0.2, 0.25) is 10.4 Å². The molecule has 1 fully saturated rings. The molecule has 2 heterocycles. The maximum absolute atomic E-state index is 13.9. The SMILES string of the molecule is BC1(B)c2c(N)cc(F)cc2C(=O)N1[C@]1(B)C(=O)NC(=O)C(B)(B)C1(B)B. The second kappa shape index (κ2) is 5.29. The maximum Gasteiger partial charge on any atom is 0.254 e.